The molecule has 0 atom stereocenters. The minimum absolute atomic E-state index is 0.107. The third-order valence-corrected chi connectivity index (χ3v) is 3.51. The average molecular weight is 326 g/mol. The summed E-state index contributed by atoms with van der Waals surface area (Å²) in [6.45, 7) is 1.75. The first-order valence-electron chi connectivity index (χ1n) is 7.27. The SMILES string of the molecule is Cc1ccc(CO)cc1NC(=O)c1cnn(-c2ccc(F)cc2)n1. The smallest absolute Gasteiger partial charge is 0.277 e. The van der Waals surface area contributed by atoms with Gasteiger partial charge in [-0.15, -0.1) is 5.10 Å². The van der Waals surface area contributed by atoms with E-state index >= 15 is 0 Å². The molecule has 1 aromatic heterocycles. The number of aliphatic hydroxyl groups is 1. The fraction of sp³-hybridized carbons (Fsp3) is 0.118. The van der Waals surface area contributed by atoms with Crippen LogP contribution in [0.2, 0.25) is 0 Å². The third-order valence-electron chi connectivity index (χ3n) is 3.51. The molecule has 2 N–H and O–H groups in total. The van der Waals surface area contributed by atoms with E-state index in [1.54, 1.807) is 12.1 Å². The van der Waals surface area contributed by atoms with Gasteiger partial charge < -0.3 is 10.4 Å². The number of benzene rings is 2. The molecule has 0 aliphatic rings. The van der Waals surface area contributed by atoms with E-state index in [0.29, 0.717) is 16.9 Å². The van der Waals surface area contributed by atoms with Gasteiger partial charge in [-0.2, -0.15) is 9.90 Å². The molecular weight excluding hydrogens is 311 g/mol. The van der Waals surface area contributed by atoms with Crippen LogP contribution >= 0.6 is 0 Å². The number of aryl methyl sites for hydroxylation is 1. The molecule has 24 heavy (non-hydrogen) atoms. The molecule has 122 valence electrons. The van der Waals surface area contributed by atoms with Gasteiger partial charge in [-0.1, -0.05) is 12.1 Å². The molecule has 7 heteroatoms. The van der Waals surface area contributed by atoms with Crippen molar-refractivity contribution in [2.45, 2.75) is 13.5 Å². The summed E-state index contributed by atoms with van der Waals surface area (Å²) in [4.78, 5) is 13.6. The summed E-state index contributed by atoms with van der Waals surface area (Å²) in [7, 11) is 0. The number of halogens is 1. The van der Waals surface area contributed by atoms with Crippen LogP contribution in [0.15, 0.2) is 48.7 Å². The molecule has 0 aliphatic heterocycles. The van der Waals surface area contributed by atoms with E-state index in [2.05, 4.69) is 15.5 Å². The summed E-state index contributed by atoms with van der Waals surface area (Å²) < 4.78 is 12.9. The zero-order chi connectivity index (χ0) is 17.1. The van der Waals surface area contributed by atoms with Gasteiger partial charge >= 0.3 is 0 Å². The number of hydrogen-bond acceptors (Lipinski definition) is 4. The van der Waals surface area contributed by atoms with Crippen molar-refractivity contribution in [3.63, 3.8) is 0 Å². The van der Waals surface area contributed by atoms with Crippen LogP contribution in [0.1, 0.15) is 21.6 Å². The lowest BCUT2D eigenvalue weighted by Crippen LogP contribution is -2.14. The van der Waals surface area contributed by atoms with Crippen LogP contribution in [0.3, 0.4) is 0 Å². The standard InChI is InChI=1S/C17H15FN4O2/c1-11-2-3-12(10-23)8-15(11)20-17(24)16-9-19-22(21-16)14-6-4-13(18)5-7-14/h2-9,23H,10H2,1H3,(H,20,24). The van der Waals surface area contributed by atoms with Crippen LogP contribution in [0, 0.1) is 12.7 Å². The lowest BCUT2D eigenvalue weighted by atomic mass is 10.1. The Morgan fingerprint density at radius 3 is 2.71 bits per heavy atom. The number of anilines is 1. The van der Waals surface area contributed by atoms with Gasteiger partial charge in [-0.25, -0.2) is 4.39 Å². The van der Waals surface area contributed by atoms with E-state index in [9.17, 15) is 14.3 Å². The average Bonchev–Trinajstić information content (AvgIpc) is 3.07. The molecule has 0 unspecified atom stereocenters. The van der Waals surface area contributed by atoms with E-state index < -0.39 is 5.91 Å². The van der Waals surface area contributed by atoms with Gasteiger partial charge in [0.15, 0.2) is 5.69 Å². The van der Waals surface area contributed by atoms with Crippen LogP contribution in [-0.2, 0) is 6.61 Å². The predicted molar refractivity (Wildman–Crippen MR) is 86.4 cm³/mol. The number of amides is 1. The molecule has 0 bridgehead atoms. The molecule has 3 aromatic rings. The second-order valence-electron chi connectivity index (χ2n) is 5.26. The number of carbonyl (C=O) groups is 1. The molecule has 1 heterocycles. The Morgan fingerprint density at radius 2 is 2.00 bits per heavy atom. The van der Waals surface area contributed by atoms with Crippen LogP contribution in [0.5, 0.6) is 0 Å². The first-order chi connectivity index (χ1) is 11.6. The van der Waals surface area contributed by atoms with Crippen molar-refractivity contribution in [3.8, 4) is 5.69 Å². The van der Waals surface area contributed by atoms with E-state index in [1.807, 2.05) is 13.0 Å². The molecule has 0 saturated heterocycles. The maximum atomic E-state index is 12.9. The van der Waals surface area contributed by atoms with E-state index in [4.69, 9.17) is 0 Å². The minimum Gasteiger partial charge on any atom is -0.392 e. The highest BCUT2D eigenvalue weighted by Crippen LogP contribution is 2.18. The van der Waals surface area contributed by atoms with Crippen molar-refractivity contribution in [3.05, 3.63) is 71.3 Å². The van der Waals surface area contributed by atoms with Crippen LogP contribution < -0.4 is 5.32 Å². The number of hydrogen-bond donors (Lipinski definition) is 2. The van der Waals surface area contributed by atoms with Gasteiger partial charge in [0, 0.05) is 5.69 Å². The van der Waals surface area contributed by atoms with Crippen molar-refractivity contribution < 1.29 is 14.3 Å². The third kappa shape index (κ3) is 3.31. The maximum Gasteiger partial charge on any atom is 0.277 e. The van der Waals surface area contributed by atoms with Gasteiger partial charge in [0.25, 0.3) is 5.91 Å². The van der Waals surface area contributed by atoms with E-state index in [0.717, 1.165) is 5.56 Å². The van der Waals surface area contributed by atoms with Gasteiger partial charge in [0.05, 0.1) is 18.5 Å². The fourth-order valence-corrected chi connectivity index (χ4v) is 2.15. The minimum atomic E-state index is -0.415. The number of carbonyl (C=O) groups excluding carboxylic acids is 1. The molecule has 0 radical (unpaired) electrons. The van der Waals surface area contributed by atoms with Crippen LogP contribution in [0.4, 0.5) is 10.1 Å². The highest BCUT2D eigenvalue weighted by Gasteiger charge is 2.13. The predicted octanol–water partition coefficient (Wildman–Crippen LogP) is 2.46. The molecular formula is C17H15FN4O2. The summed E-state index contributed by atoms with van der Waals surface area (Å²) in [5.41, 5.74) is 2.85. The zero-order valence-electron chi connectivity index (χ0n) is 12.9. The number of aliphatic hydroxyl groups excluding tert-OH is 1. The summed E-state index contributed by atoms with van der Waals surface area (Å²) in [5.74, 6) is -0.773. The maximum absolute atomic E-state index is 12.9. The van der Waals surface area contributed by atoms with E-state index in [1.165, 1.54) is 35.3 Å². The lowest BCUT2D eigenvalue weighted by molar-refractivity contribution is 0.102. The first kappa shape index (κ1) is 15.8. The summed E-state index contributed by atoms with van der Waals surface area (Å²) in [6, 6.07) is 10.9. The Morgan fingerprint density at radius 1 is 1.25 bits per heavy atom. The second-order valence-corrected chi connectivity index (χ2v) is 5.26. The Balaban J connectivity index is 1.80. The molecule has 0 spiro atoms. The van der Waals surface area contributed by atoms with Crippen LogP contribution in [-0.4, -0.2) is 26.0 Å². The molecule has 0 saturated carbocycles. The number of nitrogens with zero attached hydrogens (tertiary/aromatic N) is 3. The topological polar surface area (TPSA) is 80.0 Å². The number of nitrogens with one attached hydrogen (secondary N) is 1. The molecule has 0 fully saturated rings. The van der Waals surface area contributed by atoms with Gasteiger partial charge in [-0.3, -0.25) is 4.79 Å². The molecule has 3 rings (SSSR count). The van der Waals surface area contributed by atoms with E-state index in [-0.39, 0.29) is 18.1 Å². The normalized spacial score (nSPS) is 10.6. The highest BCUT2D eigenvalue weighted by molar-refractivity contribution is 6.03. The van der Waals surface area contributed by atoms with Crippen molar-refractivity contribution in [1.29, 1.82) is 0 Å². The van der Waals surface area contributed by atoms with Gasteiger partial charge in [-0.05, 0) is 48.4 Å². The quantitative estimate of drug-likeness (QED) is 0.772. The Bertz CT molecular complexity index is 875. The lowest BCUT2D eigenvalue weighted by Gasteiger charge is -2.08. The fourth-order valence-electron chi connectivity index (χ4n) is 2.15. The Labute approximate surface area is 137 Å². The molecule has 6 nitrogen and oxygen atoms in total. The molecule has 0 aliphatic carbocycles. The van der Waals surface area contributed by atoms with Crippen LogP contribution in [0.25, 0.3) is 5.69 Å². The summed E-state index contributed by atoms with van der Waals surface area (Å²) in [6.07, 6.45) is 1.34. The van der Waals surface area contributed by atoms with Crippen molar-refractivity contribution >= 4 is 11.6 Å². The Kier molecular flexibility index (Phi) is 4.35. The monoisotopic (exact) mass is 326 g/mol. The molecule has 1 amide bonds. The first-order valence-corrected chi connectivity index (χ1v) is 7.27. The van der Waals surface area contributed by atoms with Crippen molar-refractivity contribution in [1.82, 2.24) is 15.0 Å². The number of aromatic nitrogens is 3. The second kappa shape index (κ2) is 6.59. The van der Waals surface area contributed by atoms with Gasteiger partial charge in [0.1, 0.15) is 5.82 Å². The molecule has 2 aromatic carbocycles. The zero-order valence-corrected chi connectivity index (χ0v) is 12.9. The summed E-state index contributed by atoms with van der Waals surface area (Å²) >= 11 is 0. The summed E-state index contributed by atoms with van der Waals surface area (Å²) in [5, 5.41) is 20.1. The van der Waals surface area contributed by atoms with Gasteiger partial charge in [0.2, 0.25) is 0 Å². The Hall–Kier alpha value is -3.06. The number of rotatable bonds is 4. The van der Waals surface area contributed by atoms with Crippen molar-refractivity contribution in [2.75, 3.05) is 5.32 Å². The largest absolute Gasteiger partial charge is 0.392 e. The van der Waals surface area contributed by atoms with Crippen molar-refractivity contribution in [2.24, 2.45) is 0 Å². The highest BCUT2D eigenvalue weighted by atomic mass is 19.1.